The Bertz CT molecular complexity index is 984. The number of rotatable bonds is 7. The molecule has 0 saturated carbocycles. The molecule has 1 atom stereocenters. The number of nitrogens with zero attached hydrogens (tertiary/aromatic N) is 2. The minimum atomic E-state index is -0.320. The van der Waals surface area contributed by atoms with Crippen LogP contribution in [0.1, 0.15) is 12.6 Å². The lowest BCUT2D eigenvalue weighted by Crippen LogP contribution is -2.23. The molecule has 0 radical (unpaired) electrons. The Morgan fingerprint density at radius 2 is 1.86 bits per heavy atom. The fourth-order valence-corrected chi connectivity index (χ4v) is 3.18. The van der Waals surface area contributed by atoms with Crippen LogP contribution in [-0.2, 0) is 17.9 Å². The molecule has 0 aliphatic carbocycles. The largest absolute Gasteiger partial charge is 0.490 e. The van der Waals surface area contributed by atoms with Crippen LogP contribution in [0.15, 0.2) is 65.5 Å². The van der Waals surface area contributed by atoms with E-state index in [2.05, 4.69) is 17.1 Å². The van der Waals surface area contributed by atoms with Gasteiger partial charge in [-0.2, -0.15) is 4.98 Å². The van der Waals surface area contributed by atoms with Gasteiger partial charge in [0.1, 0.15) is 12.4 Å². The van der Waals surface area contributed by atoms with Crippen LogP contribution in [0, 0.1) is 0 Å². The summed E-state index contributed by atoms with van der Waals surface area (Å²) in [6.07, 6.45) is -0.205. The number of benzene rings is 2. The van der Waals surface area contributed by atoms with Crippen LogP contribution >= 0.6 is 0 Å². The summed E-state index contributed by atoms with van der Waals surface area (Å²) in [5, 5.41) is 0. The number of ether oxygens (including phenoxy) is 3. The maximum absolute atomic E-state index is 11.8. The van der Waals surface area contributed by atoms with Crippen molar-refractivity contribution in [2.24, 2.45) is 0 Å². The molecular formula is C22H22N2O4. The lowest BCUT2D eigenvalue weighted by Gasteiger charge is -2.12. The first-order chi connectivity index (χ1) is 13.7. The van der Waals surface area contributed by atoms with E-state index in [1.54, 1.807) is 0 Å². The fraction of sp³-hybridized carbons (Fsp3) is 0.273. The summed E-state index contributed by atoms with van der Waals surface area (Å²) in [4.78, 5) is 15.7. The van der Waals surface area contributed by atoms with Crippen molar-refractivity contribution in [3.8, 4) is 22.9 Å². The normalized spacial score (nSPS) is 15.1. The van der Waals surface area contributed by atoms with Crippen LogP contribution in [0.2, 0.25) is 0 Å². The van der Waals surface area contributed by atoms with Gasteiger partial charge in [-0.25, -0.2) is 0 Å². The maximum Gasteiger partial charge on any atom is 0.300 e. The number of aromatic nitrogens is 2. The Balaban J connectivity index is 1.39. The van der Waals surface area contributed by atoms with Gasteiger partial charge in [-0.1, -0.05) is 42.5 Å². The average molecular weight is 378 g/mol. The average Bonchev–Trinajstić information content (AvgIpc) is 3.14. The highest BCUT2D eigenvalue weighted by molar-refractivity contribution is 5.63. The van der Waals surface area contributed by atoms with Gasteiger partial charge < -0.3 is 14.2 Å². The fourth-order valence-electron chi connectivity index (χ4n) is 3.18. The molecule has 0 N–H and O–H groups in total. The van der Waals surface area contributed by atoms with Crippen molar-refractivity contribution >= 4 is 0 Å². The molecule has 1 aromatic heterocycles. The van der Waals surface area contributed by atoms with Crippen molar-refractivity contribution in [2.75, 3.05) is 13.2 Å². The van der Waals surface area contributed by atoms with E-state index >= 15 is 0 Å². The molecule has 3 aromatic rings. The zero-order valence-electron chi connectivity index (χ0n) is 15.7. The van der Waals surface area contributed by atoms with Gasteiger partial charge in [0, 0.05) is 12.7 Å². The van der Waals surface area contributed by atoms with E-state index in [-0.39, 0.29) is 11.7 Å². The Labute approximate surface area is 163 Å². The Morgan fingerprint density at radius 3 is 2.61 bits per heavy atom. The highest BCUT2D eigenvalue weighted by Gasteiger charge is 2.26. The minimum Gasteiger partial charge on any atom is -0.490 e. The van der Waals surface area contributed by atoms with Gasteiger partial charge in [0.05, 0.1) is 18.8 Å². The highest BCUT2D eigenvalue weighted by Crippen LogP contribution is 2.24. The van der Waals surface area contributed by atoms with Gasteiger partial charge in [-0.05, 0) is 30.2 Å². The third kappa shape index (κ3) is 4.07. The molecule has 0 fully saturated rings. The molecule has 4 rings (SSSR count). The molecule has 0 bridgehead atoms. The summed E-state index contributed by atoms with van der Waals surface area (Å²) in [7, 11) is 0. The molecule has 1 aliphatic heterocycles. The first kappa shape index (κ1) is 18.3. The van der Waals surface area contributed by atoms with Gasteiger partial charge >= 0.3 is 6.01 Å². The predicted molar refractivity (Wildman–Crippen MR) is 106 cm³/mol. The Hall–Kier alpha value is -3.12. The lowest BCUT2D eigenvalue weighted by atomic mass is 10.1. The standard InChI is InChI=1S/C22H22N2O4/c1-2-26-14-18-12-21(25)23-22-24(18)13-20(28-22)15-27-19-10-8-17(9-11-19)16-6-4-3-5-7-16/h3-12,20H,2,13-15H2,1H3. The molecule has 1 unspecified atom stereocenters. The van der Waals surface area contributed by atoms with Crippen LogP contribution < -0.4 is 15.0 Å². The summed E-state index contributed by atoms with van der Waals surface area (Å²) < 4.78 is 19.0. The van der Waals surface area contributed by atoms with Gasteiger partial charge in [-0.15, -0.1) is 0 Å². The van der Waals surface area contributed by atoms with Crippen LogP contribution in [0.5, 0.6) is 11.8 Å². The highest BCUT2D eigenvalue weighted by atomic mass is 16.6. The molecule has 0 spiro atoms. The summed E-state index contributed by atoms with van der Waals surface area (Å²) in [6.45, 7) is 3.81. The summed E-state index contributed by atoms with van der Waals surface area (Å²) in [5.74, 6) is 0.774. The van der Waals surface area contributed by atoms with E-state index in [9.17, 15) is 4.79 Å². The zero-order chi connectivity index (χ0) is 19.3. The lowest BCUT2D eigenvalue weighted by molar-refractivity contribution is 0.127. The van der Waals surface area contributed by atoms with Crippen molar-refractivity contribution in [1.29, 1.82) is 0 Å². The molecule has 2 aromatic carbocycles. The second-order valence-corrected chi connectivity index (χ2v) is 6.56. The summed E-state index contributed by atoms with van der Waals surface area (Å²) in [5.41, 5.74) is 2.76. The van der Waals surface area contributed by atoms with Crippen molar-refractivity contribution < 1.29 is 14.2 Å². The molecule has 2 heterocycles. The number of fused-ring (bicyclic) bond motifs is 1. The van der Waals surface area contributed by atoms with Gasteiger partial charge in [0.2, 0.25) is 0 Å². The van der Waals surface area contributed by atoms with Crippen molar-refractivity contribution in [1.82, 2.24) is 9.55 Å². The van der Waals surface area contributed by atoms with Crippen LogP contribution in [0.4, 0.5) is 0 Å². The second kappa shape index (κ2) is 8.27. The summed E-state index contributed by atoms with van der Waals surface area (Å²) in [6, 6.07) is 20.0. The van der Waals surface area contributed by atoms with Crippen molar-refractivity contribution in [3.63, 3.8) is 0 Å². The third-order valence-corrected chi connectivity index (χ3v) is 4.58. The quantitative estimate of drug-likeness (QED) is 0.631. The SMILES string of the molecule is CCOCc1cc(=O)nc2n1CC(COc1ccc(-c3ccccc3)cc1)O2. The summed E-state index contributed by atoms with van der Waals surface area (Å²) >= 11 is 0. The topological polar surface area (TPSA) is 62.6 Å². The second-order valence-electron chi connectivity index (χ2n) is 6.56. The van der Waals surface area contributed by atoms with Gasteiger partial charge in [0.15, 0.2) is 6.10 Å². The van der Waals surface area contributed by atoms with Crippen LogP contribution in [0.25, 0.3) is 11.1 Å². The smallest absolute Gasteiger partial charge is 0.300 e. The molecule has 0 amide bonds. The van der Waals surface area contributed by atoms with E-state index in [4.69, 9.17) is 14.2 Å². The monoisotopic (exact) mass is 378 g/mol. The third-order valence-electron chi connectivity index (χ3n) is 4.58. The van der Waals surface area contributed by atoms with Crippen molar-refractivity contribution in [2.45, 2.75) is 26.2 Å². The molecular weight excluding hydrogens is 356 g/mol. The molecule has 144 valence electrons. The number of hydrogen-bond acceptors (Lipinski definition) is 5. The molecule has 28 heavy (non-hydrogen) atoms. The first-order valence-corrected chi connectivity index (χ1v) is 9.36. The maximum atomic E-state index is 11.8. The van der Waals surface area contributed by atoms with E-state index in [1.165, 1.54) is 11.6 Å². The van der Waals surface area contributed by atoms with Crippen LogP contribution in [-0.4, -0.2) is 28.9 Å². The van der Waals surface area contributed by atoms with Gasteiger partial charge in [-0.3, -0.25) is 9.36 Å². The van der Waals surface area contributed by atoms with E-state index in [0.29, 0.717) is 32.4 Å². The molecule has 0 saturated heterocycles. The van der Waals surface area contributed by atoms with Crippen molar-refractivity contribution in [3.05, 3.63) is 76.7 Å². The first-order valence-electron chi connectivity index (χ1n) is 9.36. The van der Waals surface area contributed by atoms with E-state index in [0.717, 1.165) is 17.0 Å². The van der Waals surface area contributed by atoms with Crippen LogP contribution in [0.3, 0.4) is 0 Å². The molecule has 6 nitrogen and oxygen atoms in total. The Morgan fingerprint density at radius 1 is 1.11 bits per heavy atom. The number of hydrogen-bond donors (Lipinski definition) is 0. The minimum absolute atomic E-state index is 0.205. The zero-order valence-corrected chi connectivity index (χ0v) is 15.7. The predicted octanol–water partition coefficient (Wildman–Crippen LogP) is 3.29. The molecule has 1 aliphatic rings. The van der Waals surface area contributed by atoms with E-state index < -0.39 is 0 Å². The molecule has 6 heteroatoms. The Kier molecular flexibility index (Phi) is 5.39. The van der Waals surface area contributed by atoms with E-state index in [1.807, 2.05) is 54.0 Å². The van der Waals surface area contributed by atoms with Gasteiger partial charge in [0.25, 0.3) is 5.56 Å².